The van der Waals surface area contributed by atoms with E-state index in [4.69, 9.17) is 0 Å². The number of rotatable bonds is 50. The molecule has 1 N–H and O–H groups in total. The predicted octanol–water partition coefficient (Wildman–Crippen LogP) is 16.0. The van der Waals surface area contributed by atoms with Gasteiger partial charge in [-0.25, -0.2) is 0 Å². The second kappa shape index (κ2) is 47.4. The van der Waals surface area contributed by atoms with Gasteiger partial charge < -0.3 is 24.7 Å². The molecule has 382 valence electrons. The molecule has 1 aliphatic rings. The quantitative estimate of drug-likeness (QED) is 0.0617. The second-order valence-corrected chi connectivity index (χ2v) is 21.0. The molecule has 64 heavy (non-hydrogen) atoms. The fourth-order valence-electron chi connectivity index (χ4n) is 10.3. The topological polar surface area (TPSA) is 50.3 Å². The van der Waals surface area contributed by atoms with Crippen molar-refractivity contribution in [1.29, 1.82) is 0 Å². The Labute approximate surface area is 403 Å². The lowest BCUT2D eigenvalue weighted by molar-refractivity contribution is -0.133. The van der Waals surface area contributed by atoms with E-state index >= 15 is 0 Å². The molecule has 1 heterocycles. The summed E-state index contributed by atoms with van der Waals surface area (Å²) in [6, 6.07) is 0. The molecule has 1 amide bonds. The first kappa shape index (κ1) is 61.3. The normalized spacial score (nSPS) is 14.2. The third-order valence-corrected chi connectivity index (χ3v) is 14.9. The van der Waals surface area contributed by atoms with E-state index < -0.39 is 0 Å². The molecule has 1 unspecified atom stereocenters. The molecule has 0 aromatic rings. The van der Waals surface area contributed by atoms with E-state index in [1.807, 2.05) is 0 Å². The maximum Gasteiger partial charge on any atom is 0.223 e. The number of piperidine rings is 1. The molecule has 0 saturated carbocycles. The minimum absolute atomic E-state index is 0.118. The van der Waals surface area contributed by atoms with Crippen LogP contribution >= 0.6 is 0 Å². The number of carbonyl (C=O) groups is 1. The maximum atomic E-state index is 13.7. The van der Waals surface area contributed by atoms with Crippen molar-refractivity contribution in [2.24, 2.45) is 5.92 Å². The number of nitrogens with zero attached hydrogens (tertiary/aromatic N) is 4. The second-order valence-electron chi connectivity index (χ2n) is 21.0. The molecular weight excluding hydrogens is 785 g/mol. The molecular formula is C58H118N4O2. The number of aliphatic hydroxyl groups excluding tert-OH is 1. The van der Waals surface area contributed by atoms with Gasteiger partial charge in [0.2, 0.25) is 5.91 Å². The molecule has 0 aromatic carbocycles. The Morgan fingerprint density at radius 2 is 0.719 bits per heavy atom. The van der Waals surface area contributed by atoms with Crippen molar-refractivity contribution in [3.05, 3.63) is 0 Å². The van der Waals surface area contributed by atoms with Gasteiger partial charge in [-0.15, -0.1) is 0 Å². The van der Waals surface area contributed by atoms with Crippen LogP contribution in [0.3, 0.4) is 0 Å². The van der Waals surface area contributed by atoms with Gasteiger partial charge in [0.15, 0.2) is 0 Å². The lowest BCUT2D eigenvalue weighted by Crippen LogP contribution is -2.41. The minimum atomic E-state index is -0.118. The van der Waals surface area contributed by atoms with Crippen LogP contribution in [0.25, 0.3) is 0 Å². The average Bonchev–Trinajstić information content (AvgIpc) is 3.30. The lowest BCUT2D eigenvalue weighted by atomic mass is 9.92. The van der Waals surface area contributed by atoms with Crippen molar-refractivity contribution in [2.75, 3.05) is 72.0 Å². The zero-order valence-electron chi connectivity index (χ0n) is 44.7. The SMILES string of the molecule is CCCCCCCCCN(CCCC(O)CCCCC)CCCC1CCN(C(=O)CCN(CCCCCCCCC)CCN(CCCCCCCCC)CCCCCCCCC)CC1. The highest BCUT2D eigenvalue weighted by molar-refractivity contribution is 5.76. The van der Waals surface area contributed by atoms with E-state index in [1.165, 1.54) is 257 Å². The minimum Gasteiger partial charge on any atom is -0.393 e. The van der Waals surface area contributed by atoms with Crippen molar-refractivity contribution in [2.45, 2.75) is 291 Å². The van der Waals surface area contributed by atoms with Crippen LogP contribution in [0.4, 0.5) is 0 Å². The number of carbonyl (C=O) groups excluding carboxylic acids is 1. The van der Waals surface area contributed by atoms with Crippen LogP contribution in [0.1, 0.15) is 285 Å². The summed E-state index contributed by atoms with van der Waals surface area (Å²) in [7, 11) is 0. The standard InChI is InChI=1S/C58H118N4O2/c1-6-11-16-20-24-28-33-45-59(50-38-41-57(63)40-32-15-10-5)49-37-39-56-42-52-62(53-43-56)58(64)44-51-61(48-36-31-27-23-19-14-9-4)55-54-60(46-34-29-25-21-17-12-7-2)47-35-30-26-22-18-13-8-3/h56-57,63H,6-55H2,1-5H3. The van der Waals surface area contributed by atoms with Crippen molar-refractivity contribution >= 4 is 5.91 Å². The number of unbranched alkanes of at least 4 members (excludes halogenated alkanes) is 26. The molecule has 1 fully saturated rings. The summed E-state index contributed by atoms with van der Waals surface area (Å²) in [5, 5.41) is 10.6. The first-order chi connectivity index (χ1) is 31.5. The third kappa shape index (κ3) is 38.3. The number of hydrogen-bond acceptors (Lipinski definition) is 5. The largest absolute Gasteiger partial charge is 0.393 e. The maximum absolute atomic E-state index is 13.7. The summed E-state index contributed by atoms with van der Waals surface area (Å²) in [6.45, 7) is 23.9. The summed E-state index contributed by atoms with van der Waals surface area (Å²) in [5.74, 6) is 1.17. The zero-order valence-corrected chi connectivity index (χ0v) is 44.7. The van der Waals surface area contributed by atoms with Gasteiger partial charge in [0.05, 0.1) is 6.10 Å². The van der Waals surface area contributed by atoms with Crippen LogP contribution < -0.4 is 0 Å². The Morgan fingerprint density at radius 3 is 1.14 bits per heavy atom. The monoisotopic (exact) mass is 903 g/mol. The van der Waals surface area contributed by atoms with Gasteiger partial charge in [-0.1, -0.05) is 208 Å². The van der Waals surface area contributed by atoms with Gasteiger partial charge in [0.25, 0.3) is 0 Å². The number of aliphatic hydroxyl groups is 1. The summed E-state index contributed by atoms with van der Waals surface area (Å²) in [4.78, 5) is 24.2. The molecule has 0 aromatic heterocycles. The smallest absolute Gasteiger partial charge is 0.223 e. The van der Waals surface area contributed by atoms with Crippen LogP contribution in [0.15, 0.2) is 0 Å². The summed E-state index contributed by atoms with van der Waals surface area (Å²) < 4.78 is 0. The van der Waals surface area contributed by atoms with Gasteiger partial charge in [-0.3, -0.25) is 4.79 Å². The molecule has 0 spiro atoms. The van der Waals surface area contributed by atoms with Crippen molar-refractivity contribution in [3.63, 3.8) is 0 Å². The summed E-state index contributed by atoms with van der Waals surface area (Å²) >= 11 is 0. The molecule has 0 aliphatic carbocycles. The molecule has 1 rings (SSSR count). The highest BCUT2D eigenvalue weighted by Gasteiger charge is 2.23. The van der Waals surface area contributed by atoms with Crippen LogP contribution in [-0.4, -0.2) is 109 Å². The van der Waals surface area contributed by atoms with E-state index in [1.54, 1.807) is 0 Å². The van der Waals surface area contributed by atoms with Gasteiger partial charge in [0.1, 0.15) is 0 Å². The Morgan fingerprint density at radius 1 is 0.406 bits per heavy atom. The summed E-state index contributed by atoms with van der Waals surface area (Å²) in [6.07, 6.45) is 50.6. The molecule has 0 bridgehead atoms. The molecule has 6 nitrogen and oxygen atoms in total. The van der Waals surface area contributed by atoms with E-state index in [2.05, 4.69) is 54.2 Å². The number of amides is 1. The van der Waals surface area contributed by atoms with E-state index in [0.29, 0.717) is 12.3 Å². The van der Waals surface area contributed by atoms with Gasteiger partial charge in [0, 0.05) is 39.1 Å². The summed E-state index contributed by atoms with van der Waals surface area (Å²) in [5.41, 5.74) is 0. The Hall–Kier alpha value is -0.690. The molecule has 6 heteroatoms. The van der Waals surface area contributed by atoms with Crippen molar-refractivity contribution in [3.8, 4) is 0 Å². The Balaban J connectivity index is 2.65. The number of hydrogen-bond donors (Lipinski definition) is 1. The van der Waals surface area contributed by atoms with Crippen LogP contribution in [0.5, 0.6) is 0 Å². The average molecular weight is 904 g/mol. The highest BCUT2D eigenvalue weighted by Crippen LogP contribution is 2.23. The van der Waals surface area contributed by atoms with Crippen molar-refractivity contribution in [1.82, 2.24) is 19.6 Å². The predicted molar refractivity (Wildman–Crippen MR) is 284 cm³/mol. The highest BCUT2D eigenvalue weighted by atomic mass is 16.3. The lowest BCUT2D eigenvalue weighted by Gasteiger charge is -2.33. The third-order valence-electron chi connectivity index (χ3n) is 14.9. The molecule has 1 aliphatic heterocycles. The zero-order chi connectivity index (χ0) is 46.4. The molecule has 0 radical (unpaired) electrons. The Kier molecular flexibility index (Phi) is 45.4. The molecule has 1 atom stereocenters. The first-order valence-corrected chi connectivity index (χ1v) is 29.6. The van der Waals surface area contributed by atoms with Crippen LogP contribution in [0, 0.1) is 5.92 Å². The van der Waals surface area contributed by atoms with E-state index in [0.717, 1.165) is 64.4 Å². The first-order valence-electron chi connectivity index (χ1n) is 29.6. The van der Waals surface area contributed by atoms with E-state index in [-0.39, 0.29) is 6.10 Å². The fraction of sp³-hybridized carbons (Fsp3) is 0.983. The van der Waals surface area contributed by atoms with Gasteiger partial charge in [-0.2, -0.15) is 0 Å². The molecule has 1 saturated heterocycles. The van der Waals surface area contributed by atoms with Crippen LogP contribution in [0.2, 0.25) is 0 Å². The fourth-order valence-corrected chi connectivity index (χ4v) is 10.3. The Bertz CT molecular complexity index is 923. The van der Waals surface area contributed by atoms with E-state index in [9.17, 15) is 9.90 Å². The van der Waals surface area contributed by atoms with Crippen LogP contribution in [-0.2, 0) is 4.79 Å². The van der Waals surface area contributed by atoms with Crippen molar-refractivity contribution < 1.29 is 9.90 Å². The van der Waals surface area contributed by atoms with Gasteiger partial charge >= 0.3 is 0 Å². The number of likely N-dealkylation sites (tertiary alicyclic amines) is 1. The van der Waals surface area contributed by atoms with Gasteiger partial charge in [-0.05, 0) is 116 Å².